The molecule has 2 aromatic carbocycles. The number of aryl methyl sites for hydroxylation is 1. The Balaban J connectivity index is 1.58. The number of nitrogens with zero attached hydrogens (tertiary/aromatic N) is 1. The van der Waals surface area contributed by atoms with Crippen molar-refractivity contribution in [1.29, 1.82) is 0 Å². The van der Waals surface area contributed by atoms with Crippen LogP contribution in [0.3, 0.4) is 0 Å². The van der Waals surface area contributed by atoms with Gasteiger partial charge in [0.25, 0.3) is 0 Å². The fraction of sp³-hybridized carbons (Fsp3) is 0.400. The largest absolute Gasteiger partial charge is 0.416 e. The number of hydrogen-bond donors (Lipinski definition) is 0. The summed E-state index contributed by atoms with van der Waals surface area (Å²) in [6.45, 7) is 4.67. The third-order valence-electron chi connectivity index (χ3n) is 4.52. The second kappa shape index (κ2) is 8.02. The van der Waals surface area contributed by atoms with Gasteiger partial charge in [0.05, 0.1) is 18.8 Å². The highest BCUT2D eigenvalue weighted by molar-refractivity contribution is 5.64. The smallest absolute Gasteiger partial charge is 0.379 e. The van der Waals surface area contributed by atoms with Crippen molar-refractivity contribution in [3.05, 3.63) is 59.7 Å². The first-order chi connectivity index (χ1) is 12.0. The molecule has 2 aromatic rings. The standard InChI is InChI=1S/C20H22F3NO/c21-20(22,23)19-5-1-4-18(15-19)17-8-6-16(7-9-17)3-2-10-24-11-13-25-14-12-24/h1,4-9,15H,2-3,10-14H2. The van der Waals surface area contributed by atoms with Crippen molar-refractivity contribution >= 4 is 0 Å². The lowest BCUT2D eigenvalue weighted by molar-refractivity contribution is -0.137. The first kappa shape index (κ1) is 18.0. The molecule has 0 N–H and O–H groups in total. The molecule has 25 heavy (non-hydrogen) atoms. The van der Waals surface area contributed by atoms with Gasteiger partial charge in [-0.05, 0) is 48.2 Å². The van der Waals surface area contributed by atoms with E-state index in [0.717, 1.165) is 57.3 Å². The molecule has 5 heteroatoms. The van der Waals surface area contributed by atoms with Crippen LogP contribution in [0.4, 0.5) is 13.2 Å². The number of morpholine rings is 1. The fourth-order valence-electron chi connectivity index (χ4n) is 3.07. The van der Waals surface area contributed by atoms with Gasteiger partial charge in [-0.25, -0.2) is 0 Å². The van der Waals surface area contributed by atoms with Gasteiger partial charge in [0.15, 0.2) is 0 Å². The van der Waals surface area contributed by atoms with E-state index in [-0.39, 0.29) is 0 Å². The van der Waals surface area contributed by atoms with E-state index < -0.39 is 11.7 Å². The zero-order valence-corrected chi connectivity index (χ0v) is 14.1. The zero-order valence-electron chi connectivity index (χ0n) is 14.1. The van der Waals surface area contributed by atoms with Gasteiger partial charge < -0.3 is 4.74 Å². The maximum atomic E-state index is 12.8. The van der Waals surface area contributed by atoms with Gasteiger partial charge in [-0.15, -0.1) is 0 Å². The molecule has 1 heterocycles. The molecule has 0 bridgehead atoms. The predicted octanol–water partition coefficient (Wildman–Crippen LogP) is 4.64. The molecular weight excluding hydrogens is 327 g/mol. The Morgan fingerprint density at radius 1 is 0.920 bits per heavy atom. The minimum Gasteiger partial charge on any atom is -0.379 e. The average molecular weight is 349 g/mol. The summed E-state index contributed by atoms with van der Waals surface area (Å²) in [6.07, 6.45) is -2.27. The van der Waals surface area contributed by atoms with Crippen molar-refractivity contribution in [3.63, 3.8) is 0 Å². The first-order valence-electron chi connectivity index (χ1n) is 8.59. The van der Waals surface area contributed by atoms with Crippen LogP contribution in [0.25, 0.3) is 11.1 Å². The lowest BCUT2D eigenvalue weighted by Gasteiger charge is -2.26. The molecule has 1 aliphatic rings. The van der Waals surface area contributed by atoms with E-state index in [9.17, 15) is 13.2 Å². The highest BCUT2D eigenvalue weighted by atomic mass is 19.4. The van der Waals surface area contributed by atoms with E-state index >= 15 is 0 Å². The van der Waals surface area contributed by atoms with Crippen LogP contribution in [0.15, 0.2) is 48.5 Å². The van der Waals surface area contributed by atoms with Crippen molar-refractivity contribution in [2.24, 2.45) is 0 Å². The second-order valence-corrected chi connectivity index (χ2v) is 6.33. The monoisotopic (exact) mass is 349 g/mol. The highest BCUT2D eigenvalue weighted by Gasteiger charge is 2.30. The molecule has 1 aliphatic heterocycles. The Labute approximate surface area is 146 Å². The quantitative estimate of drug-likeness (QED) is 0.780. The van der Waals surface area contributed by atoms with E-state index in [2.05, 4.69) is 4.90 Å². The summed E-state index contributed by atoms with van der Waals surface area (Å²) in [5.74, 6) is 0. The molecule has 134 valence electrons. The third-order valence-corrected chi connectivity index (χ3v) is 4.52. The summed E-state index contributed by atoms with van der Waals surface area (Å²) in [4.78, 5) is 2.40. The molecule has 0 unspecified atom stereocenters. The van der Waals surface area contributed by atoms with E-state index in [1.807, 2.05) is 24.3 Å². The molecule has 0 aromatic heterocycles. The van der Waals surface area contributed by atoms with Crippen molar-refractivity contribution in [1.82, 2.24) is 4.90 Å². The van der Waals surface area contributed by atoms with Crippen LogP contribution in [0.5, 0.6) is 0 Å². The number of rotatable bonds is 5. The fourth-order valence-corrected chi connectivity index (χ4v) is 3.07. The summed E-state index contributed by atoms with van der Waals surface area (Å²) in [6, 6.07) is 13.3. The van der Waals surface area contributed by atoms with Crippen LogP contribution >= 0.6 is 0 Å². The van der Waals surface area contributed by atoms with Gasteiger partial charge in [-0.3, -0.25) is 4.90 Å². The van der Waals surface area contributed by atoms with Crippen LogP contribution in [-0.2, 0) is 17.3 Å². The number of ether oxygens (including phenoxy) is 1. The normalized spacial score (nSPS) is 16.1. The Morgan fingerprint density at radius 2 is 1.64 bits per heavy atom. The van der Waals surface area contributed by atoms with Crippen LogP contribution in [0, 0.1) is 0 Å². The maximum absolute atomic E-state index is 12.8. The van der Waals surface area contributed by atoms with Crippen molar-refractivity contribution < 1.29 is 17.9 Å². The summed E-state index contributed by atoms with van der Waals surface area (Å²) in [5, 5.41) is 0. The van der Waals surface area contributed by atoms with Gasteiger partial charge in [0, 0.05) is 13.1 Å². The number of alkyl halides is 3. The molecule has 0 aliphatic carbocycles. The summed E-state index contributed by atoms with van der Waals surface area (Å²) >= 11 is 0. The van der Waals surface area contributed by atoms with E-state index in [1.54, 1.807) is 6.07 Å². The number of hydrogen-bond acceptors (Lipinski definition) is 2. The van der Waals surface area contributed by atoms with E-state index in [1.165, 1.54) is 17.7 Å². The molecule has 0 atom stereocenters. The van der Waals surface area contributed by atoms with Crippen molar-refractivity contribution in [2.45, 2.75) is 19.0 Å². The number of benzene rings is 2. The minimum absolute atomic E-state index is 0.592. The average Bonchev–Trinajstić information content (AvgIpc) is 2.63. The van der Waals surface area contributed by atoms with Crippen molar-refractivity contribution in [2.75, 3.05) is 32.8 Å². The molecule has 2 nitrogen and oxygen atoms in total. The third kappa shape index (κ3) is 5.06. The molecule has 0 amide bonds. The van der Waals surface area contributed by atoms with Crippen LogP contribution < -0.4 is 0 Å². The molecule has 3 rings (SSSR count). The zero-order chi connectivity index (χ0) is 17.7. The maximum Gasteiger partial charge on any atom is 0.416 e. The summed E-state index contributed by atoms with van der Waals surface area (Å²) < 4.78 is 43.8. The SMILES string of the molecule is FC(F)(F)c1cccc(-c2ccc(CCCN3CCOCC3)cc2)c1. The summed E-state index contributed by atoms with van der Waals surface area (Å²) in [5.41, 5.74) is 2.00. The van der Waals surface area contributed by atoms with Crippen molar-refractivity contribution in [3.8, 4) is 11.1 Å². The van der Waals surface area contributed by atoms with Gasteiger partial charge in [0.1, 0.15) is 0 Å². The minimum atomic E-state index is -4.31. The van der Waals surface area contributed by atoms with Gasteiger partial charge >= 0.3 is 6.18 Å². The molecule has 1 saturated heterocycles. The van der Waals surface area contributed by atoms with Gasteiger partial charge in [0.2, 0.25) is 0 Å². The van der Waals surface area contributed by atoms with E-state index in [0.29, 0.717) is 5.56 Å². The summed E-state index contributed by atoms with van der Waals surface area (Å²) in [7, 11) is 0. The van der Waals surface area contributed by atoms with E-state index in [4.69, 9.17) is 4.74 Å². The number of halogens is 3. The topological polar surface area (TPSA) is 12.5 Å². The Bertz CT molecular complexity index is 676. The van der Waals surface area contributed by atoms with Gasteiger partial charge in [-0.2, -0.15) is 13.2 Å². The van der Waals surface area contributed by atoms with Crippen LogP contribution in [0.2, 0.25) is 0 Å². The Kier molecular flexibility index (Phi) is 5.76. The predicted molar refractivity (Wildman–Crippen MR) is 92.5 cm³/mol. The van der Waals surface area contributed by atoms with Crippen LogP contribution in [0.1, 0.15) is 17.5 Å². The second-order valence-electron chi connectivity index (χ2n) is 6.33. The Morgan fingerprint density at radius 3 is 2.32 bits per heavy atom. The molecule has 0 spiro atoms. The van der Waals surface area contributed by atoms with Crippen LogP contribution in [-0.4, -0.2) is 37.7 Å². The van der Waals surface area contributed by atoms with Gasteiger partial charge in [-0.1, -0.05) is 36.4 Å². The molecule has 0 radical (unpaired) electrons. The molecule has 0 saturated carbocycles. The molecular formula is C20H22F3NO. The Hall–Kier alpha value is -1.85. The molecule has 1 fully saturated rings. The first-order valence-corrected chi connectivity index (χ1v) is 8.59. The lowest BCUT2D eigenvalue weighted by Crippen LogP contribution is -2.36. The highest BCUT2D eigenvalue weighted by Crippen LogP contribution is 2.32. The lowest BCUT2D eigenvalue weighted by atomic mass is 10.0.